The summed E-state index contributed by atoms with van der Waals surface area (Å²) in [6, 6.07) is 4.97. The number of carbonyl (C=O) groups excluding carboxylic acids is 2. The number of benzene rings is 1. The zero-order valence-electron chi connectivity index (χ0n) is 12.7. The van der Waals surface area contributed by atoms with E-state index in [0.717, 1.165) is 24.3 Å². The number of rotatable bonds is 4. The van der Waals surface area contributed by atoms with Crippen molar-refractivity contribution in [2.24, 2.45) is 0 Å². The summed E-state index contributed by atoms with van der Waals surface area (Å²) in [5.74, 6) is -0.916. The fraction of sp³-hybridized carbons (Fsp3) is 0.267. The minimum absolute atomic E-state index is 0.0973. The first kappa shape index (κ1) is 17.5. The molecule has 2 rings (SSSR count). The van der Waals surface area contributed by atoms with E-state index in [2.05, 4.69) is 10.5 Å². The highest BCUT2D eigenvalue weighted by molar-refractivity contribution is 5.96. The van der Waals surface area contributed by atoms with Gasteiger partial charge in [0.1, 0.15) is 5.76 Å². The topological polar surface area (TPSA) is 81.4 Å². The molecule has 0 saturated heterocycles. The molecule has 0 bridgehead atoms. The van der Waals surface area contributed by atoms with Crippen molar-refractivity contribution >= 4 is 17.7 Å². The van der Waals surface area contributed by atoms with Gasteiger partial charge in [-0.05, 0) is 38.1 Å². The number of nitrogens with one attached hydrogen (secondary N) is 1. The second-order valence-electron chi connectivity index (χ2n) is 4.93. The van der Waals surface area contributed by atoms with Gasteiger partial charge >= 0.3 is 12.1 Å². The summed E-state index contributed by atoms with van der Waals surface area (Å²) in [5, 5.41) is 5.93. The Morgan fingerprint density at radius 3 is 2.38 bits per heavy atom. The molecule has 24 heavy (non-hydrogen) atoms. The number of hydrogen-bond acceptors (Lipinski definition) is 5. The van der Waals surface area contributed by atoms with E-state index in [0.29, 0.717) is 5.76 Å². The molecule has 0 unspecified atom stereocenters. The van der Waals surface area contributed by atoms with Crippen LogP contribution in [-0.4, -0.2) is 23.1 Å². The monoisotopic (exact) mass is 342 g/mol. The molecule has 1 heterocycles. The molecule has 0 spiro atoms. The van der Waals surface area contributed by atoms with E-state index in [1.807, 2.05) is 0 Å². The Morgan fingerprint density at radius 1 is 1.25 bits per heavy atom. The second-order valence-corrected chi connectivity index (χ2v) is 4.93. The van der Waals surface area contributed by atoms with E-state index in [1.165, 1.54) is 13.0 Å². The summed E-state index contributed by atoms with van der Waals surface area (Å²) in [5.41, 5.74) is -0.980. The second kappa shape index (κ2) is 6.73. The van der Waals surface area contributed by atoms with Gasteiger partial charge in [0.05, 0.1) is 11.1 Å². The Hall–Kier alpha value is -2.84. The highest BCUT2D eigenvalue weighted by atomic mass is 19.4. The normalized spacial score (nSPS) is 12.5. The summed E-state index contributed by atoms with van der Waals surface area (Å²) in [6.45, 7) is 2.96. The van der Waals surface area contributed by atoms with Crippen LogP contribution >= 0.6 is 0 Å². The molecule has 1 N–H and O–H groups in total. The Kier molecular flexibility index (Phi) is 4.91. The van der Waals surface area contributed by atoms with Crippen LogP contribution in [0.15, 0.2) is 34.9 Å². The van der Waals surface area contributed by atoms with E-state index in [9.17, 15) is 22.8 Å². The van der Waals surface area contributed by atoms with Crippen LogP contribution in [0.2, 0.25) is 0 Å². The van der Waals surface area contributed by atoms with Gasteiger partial charge < -0.3 is 14.6 Å². The Labute approximate surface area is 134 Å². The first-order chi connectivity index (χ1) is 11.2. The van der Waals surface area contributed by atoms with E-state index in [1.54, 1.807) is 6.92 Å². The van der Waals surface area contributed by atoms with E-state index in [4.69, 9.17) is 9.26 Å². The van der Waals surface area contributed by atoms with Crippen LogP contribution in [0.3, 0.4) is 0 Å². The van der Waals surface area contributed by atoms with Crippen molar-refractivity contribution in [3.8, 4) is 0 Å². The molecule has 2 aromatic rings. The van der Waals surface area contributed by atoms with Gasteiger partial charge in [-0.15, -0.1) is 0 Å². The van der Waals surface area contributed by atoms with Gasteiger partial charge in [0.15, 0.2) is 11.9 Å². The number of esters is 1. The third-order valence-corrected chi connectivity index (χ3v) is 2.98. The number of hydrogen-bond donors (Lipinski definition) is 1. The highest BCUT2D eigenvalue weighted by Crippen LogP contribution is 2.29. The third kappa shape index (κ3) is 4.34. The predicted octanol–water partition coefficient (Wildman–Crippen LogP) is 3.19. The van der Waals surface area contributed by atoms with Crippen LogP contribution in [0.4, 0.5) is 19.0 Å². The van der Waals surface area contributed by atoms with Crippen LogP contribution in [0, 0.1) is 6.92 Å². The summed E-state index contributed by atoms with van der Waals surface area (Å²) < 4.78 is 47.1. The average Bonchev–Trinajstić information content (AvgIpc) is 2.91. The maximum absolute atomic E-state index is 12.5. The molecule has 0 radical (unpaired) electrons. The van der Waals surface area contributed by atoms with Crippen molar-refractivity contribution in [3.05, 3.63) is 47.2 Å². The lowest BCUT2D eigenvalue weighted by molar-refractivity contribution is -0.137. The van der Waals surface area contributed by atoms with Gasteiger partial charge in [0.2, 0.25) is 0 Å². The van der Waals surface area contributed by atoms with Crippen LogP contribution in [0.1, 0.15) is 28.6 Å². The van der Waals surface area contributed by atoms with Crippen LogP contribution in [0.5, 0.6) is 0 Å². The van der Waals surface area contributed by atoms with Gasteiger partial charge in [-0.3, -0.25) is 4.79 Å². The van der Waals surface area contributed by atoms with Gasteiger partial charge in [0, 0.05) is 6.07 Å². The van der Waals surface area contributed by atoms with E-state index in [-0.39, 0.29) is 11.4 Å². The predicted molar refractivity (Wildman–Crippen MR) is 76.2 cm³/mol. The van der Waals surface area contributed by atoms with Gasteiger partial charge in [-0.2, -0.15) is 13.2 Å². The third-order valence-electron chi connectivity index (χ3n) is 2.98. The fourth-order valence-corrected chi connectivity index (χ4v) is 1.73. The lowest BCUT2D eigenvalue weighted by atomic mass is 10.1. The van der Waals surface area contributed by atoms with Crippen LogP contribution in [-0.2, 0) is 15.7 Å². The minimum Gasteiger partial charge on any atom is -0.449 e. The zero-order valence-corrected chi connectivity index (χ0v) is 12.7. The number of aryl methyl sites for hydroxylation is 1. The van der Waals surface area contributed by atoms with Gasteiger partial charge in [-0.1, -0.05) is 5.16 Å². The summed E-state index contributed by atoms with van der Waals surface area (Å²) >= 11 is 0. The van der Waals surface area contributed by atoms with Crippen molar-refractivity contribution in [1.29, 1.82) is 0 Å². The molecule has 1 aromatic carbocycles. The summed E-state index contributed by atoms with van der Waals surface area (Å²) in [4.78, 5) is 23.7. The highest BCUT2D eigenvalue weighted by Gasteiger charge is 2.30. The molecular weight excluding hydrogens is 329 g/mol. The molecule has 0 aliphatic rings. The Bertz CT molecular complexity index is 738. The molecule has 1 aromatic heterocycles. The fourth-order valence-electron chi connectivity index (χ4n) is 1.73. The molecule has 0 fully saturated rings. The number of amides is 1. The number of anilines is 1. The zero-order chi connectivity index (χ0) is 17.9. The van der Waals surface area contributed by atoms with Crippen molar-refractivity contribution < 1.29 is 32.0 Å². The molecule has 1 amide bonds. The number of alkyl halides is 3. The maximum atomic E-state index is 12.5. The molecule has 128 valence electrons. The SMILES string of the molecule is Cc1cc(NC(=O)[C@@H](C)OC(=O)c2ccc(C(F)(F)F)cc2)no1. The lowest BCUT2D eigenvalue weighted by Gasteiger charge is -2.12. The number of halogens is 3. The smallest absolute Gasteiger partial charge is 0.416 e. The van der Waals surface area contributed by atoms with Gasteiger partial charge in [-0.25, -0.2) is 4.79 Å². The van der Waals surface area contributed by atoms with Crippen molar-refractivity contribution in [3.63, 3.8) is 0 Å². The largest absolute Gasteiger partial charge is 0.449 e. The average molecular weight is 342 g/mol. The Morgan fingerprint density at radius 2 is 1.88 bits per heavy atom. The van der Waals surface area contributed by atoms with Gasteiger partial charge in [0.25, 0.3) is 5.91 Å². The number of aromatic nitrogens is 1. The number of nitrogens with zero attached hydrogens (tertiary/aromatic N) is 1. The lowest BCUT2D eigenvalue weighted by Crippen LogP contribution is -2.30. The minimum atomic E-state index is -4.49. The number of carbonyl (C=O) groups is 2. The number of ether oxygens (including phenoxy) is 1. The molecule has 9 heteroatoms. The molecule has 0 saturated carbocycles. The summed E-state index contributed by atoms with van der Waals surface area (Å²) in [6.07, 6.45) is -5.66. The first-order valence-electron chi connectivity index (χ1n) is 6.79. The molecule has 0 aliphatic carbocycles. The quantitative estimate of drug-likeness (QED) is 0.863. The molecule has 6 nitrogen and oxygen atoms in total. The van der Waals surface area contributed by atoms with Crippen LogP contribution < -0.4 is 5.32 Å². The van der Waals surface area contributed by atoms with Crippen molar-refractivity contribution in [1.82, 2.24) is 5.16 Å². The standard InChI is InChI=1S/C15H13F3N2O4/c1-8-7-12(20-24-8)19-13(21)9(2)23-14(22)10-3-5-11(6-4-10)15(16,17)18/h3-7,9H,1-2H3,(H,19,20,21)/t9-/m1/s1. The van der Waals surface area contributed by atoms with Crippen LogP contribution in [0.25, 0.3) is 0 Å². The Balaban J connectivity index is 1.96. The van der Waals surface area contributed by atoms with E-state index >= 15 is 0 Å². The first-order valence-corrected chi connectivity index (χ1v) is 6.79. The maximum Gasteiger partial charge on any atom is 0.416 e. The van der Waals surface area contributed by atoms with Crippen molar-refractivity contribution in [2.45, 2.75) is 26.1 Å². The molecule has 1 atom stereocenters. The summed E-state index contributed by atoms with van der Waals surface area (Å²) in [7, 11) is 0. The van der Waals surface area contributed by atoms with E-state index < -0.39 is 29.7 Å². The molecule has 0 aliphatic heterocycles. The molecular formula is C15H13F3N2O4. The van der Waals surface area contributed by atoms with Crippen molar-refractivity contribution in [2.75, 3.05) is 5.32 Å².